The summed E-state index contributed by atoms with van der Waals surface area (Å²) in [6, 6.07) is 0. The number of hydrogen-bond donors (Lipinski definition) is 8. The Labute approximate surface area is 192 Å². The van der Waals surface area contributed by atoms with Crippen LogP contribution in [0, 0.1) is 0 Å². The zero-order valence-corrected chi connectivity index (χ0v) is 19.7. The minimum atomic E-state index is -0.538. The molecule has 10 nitrogen and oxygen atoms in total. The van der Waals surface area contributed by atoms with Crippen molar-refractivity contribution in [2.75, 3.05) is 52.4 Å². The largest absolute Gasteiger partial charge is 0.391 e. The zero-order chi connectivity index (χ0) is 23.9. The molecule has 188 valence electrons. The molecule has 0 amide bonds. The van der Waals surface area contributed by atoms with E-state index in [4.69, 9.17) is 11.5 Å². The molecule has 1 rings (SSSR count). The highest BCUT2D eigenvalue weighted by Gasteiger charge is 2.30. The first-order valence-corrected chi connectivity index (χ1v) is 11.7. The van der Waals surface area contributed by atoms with Gasteiger partial charge in [-0.2, -0.15) is 0 Å². The van der Waals surface area contributed by atoms with Crippen molar-refractivity contribution in [2.24, 2.45) is 11.5 Å². The van der Waals surface area contributed by atoms with Gasteiger partial charge in [-0.1, -0.05) is 24.3 Å². The van der Waals surface area contributed by atoms with Crippen molar-refractivity contribution in [3.05, 3.63) is 24.3 Å². The van der Waals surface area contributed by atoms with Crippen molar-refractivity contribution in [1.29, 1.82) is 0 Å². The van der Waals surface area contributed by atoms with Crippen molar-refractivity contribution >= 4 is 0 Å². The summed E-state index contributed by atoms with van der Waals surface area (Å²) in [6.07, 6.45) is 6.26. The van der Waals surface area contributed by atoms with Gasteiger partial charge in [0.15, 0.2) is 0 Å². The van der Waals surface area contributed by atoms with Crippen LogP contribution >= 0.6 is 0 Å². The van der Waals surface area contributed by atoms with Crippen LogP contribution in [0.4, 0.5) is 0 Å². The lowest BCUT2D eigenvalue weighted by atomic mass is 10.2. The van der Waals surface area contributed by atoms with Crippen molar-refractivity contribution < 1.29 is 20.4 Å². The molecule has 0 bridgehead atoms. The van der Waals surface area contributed by atoms with Crippen LogP contribution in [0.25, 0.3) is 0 Å². The minimum absolute atomic E-state index is 0.170. The molecule has 0 radical (unpaired) electrons. The third-order valence-electron chi connectivity index (χ3n) is 5.63. The Morgan fingerprint density at radius 1 is 0.688 bits per heavy atom. The Morgan fingerprint density at radius 2 is 1.03 bits per heavy atom. The summed E-state index contributed by atoms with van der Waals surface area (Å²) in [5.41, 5.74) is 10.8. The number of nitrogens with two attached hydrogens (primary N) is 2. The van der Waals surface area contributed by atoms with E-state index in [1.165, 1.54) is 0 Å². The van der Waals surface area contributed by atoms with E-state index in [1.807, 2.05) is 24.3 Å². The maximum atomic E-state index is 10.3. The van der Waals surface area contributed by atoms with Gasteiger partial charge in [0.1, 0.15) is 0 Å². The molecule has 0 aromatic rings. The molecular weight excluding hydrogens is 412 g/mol. The van der Waals surface area contributed by atoms with Gasteiger partial charge in [0.05, 0.1) is 36.7 Å². The van der Waals surface area contributed by atoms with Crippen LogP contribution in [-0.4, -0.2) is 119 Å². The van der Waals surface area contributed by atoms with Crippen LogP contribution in [0.3, 0.4) is 0 Å². The van der Waals surface area contributed by atoms with E-state index in [9.17, 15) is 20.4 Å². The Balaban J connectivity index is 2.48. The molecule has 0 saturated carbocycles. The number of nitrogens with one attached hydrogen (secondary N) is 2. The Kier molecular flexibility index (Phi) is 15.2. The third kappa shape index (κ3) is 11.3. The van der Waals surface area contributed by atoms with Gasteiger partial charge in [-0.05, 0) is 26.7 Å². The summed E-state index contributed by atoms with van der Waals surface area (Å²) in [7, 11) is 0. The van der Waals surface area contributed by atoms with Gasteiger partial charge in [-0.3, -0.25) is 20.4 Å². The summed E-state index contributed by atoms with van der Waals surface area (Å²) in [5, 5.41) is 46.2. The van der Waals surface area contributed by atoms with Crippen molar-refractivity contribution in [3.8, 4) is 0 Å². The average molecular weight is 459 g/mol. The van der Waals surface area contributed by atoms with E-state index < -0.39 is 24.4 Å². The lowest BCUT2D eigenvalue weighted by Gasteiger charge is -2.44. The predicted octanol–water partition coefficient (Wildman–Crippen LogP) is -2.27. The van der Waals surface area contributed by atoms with Gasteiger partial charge < -0.3 is 31.9 Å². The van der Waals surface area contributed by atoms with Gasteiger partial charge in [-0.15, -0.1) is 0 Å². The maximum absolute atomic E-state index is 10.3. The van der Waals surface area contributed by atoms with Crippen LogP contribution in [-0.2, 0) is 0 Å². The first kappa shape index (κ1) is 29.1. The molecule has 1 fully saturated rings. The zero-order valence-electron chi connectivity index (χ0n) is 19.7. The van der Waals surface area contributed by atoms with E-state index in [0.717, 1.165) is 26.2 Å². The van der Waals surface area contributed by atoms with Crippen LogP contribution in [0.15, 0.2) is 24.3 Å². The standard InChI is InChI=1S/C22H46N6O4/c1-17(29)21(25-9-5-3-7-19(31)15-23)27-11-13-28(14-12-27)22(18(2)30)26-10-6-4-8-20(32)16-24/h3-6,17-22,25-26,29-32H,7-16,23-24H2,1-2H3. The third-order valence-corrected chi connectivity index (χ3v) is 5.63. The molecule has 0 aliphatic carbocycles. The Morgan fingerprint density at radius 3 is 1.31 bits per heavy atom. The fraction of sp³-hybridized carbons (Fsp3) is 0.818. The van der Waals surface area contributed by atoms with Crippen molar-refractivity contribution in [3.63, 3.8) is 0 Å². The van der Waals surface area contributed by atoms with E-state index in [-0.39, 0.29) is 25.4 Å². The summed E-state index contributed by atoms with van der Waals surface area (Å²) in [6.45, 7) is 8.29. The summed E-state index contributed by atoms with van der Waals surface area (Å²) >= 11 is 0. The molecular formula is C22H46N6O4. The van der Waals surface area contributed by atoms with E-state index in [0.29, 0.717) is 25.9 Å². The van der Waals surface area contributed by atoms with Gasteiger partial charge in [0.25, 0.3) is 0 Å². The molecule has 6 atom stereocenters. The average Bonchev–Trinajstić information content (AvgIpc) is 2.77. The smallest absolute Gasteiger partial charge is 0.0865 e. The monoisotopic (exact) mass is 458 g/mol. The second-order valence-corrected chi connectivity index (χ2v) is 8.45. The highest BCUT2D eigenvalue weighted by atomic mass is 16.3. The van der Waals surface area contributed by atoms with Crippen molar-refractivity contribution in [2.45, 2.75) is 63.4 Å². The maximum Gasteiger partial charge on any atom is 0.0865 e. The minimum Gasteiger partial charge on any atom is -0.391 e. The van der Waals surface area contributed by atoms with E-state index in [2.05, 4.69) is 20.4 Å². The molecule has 10 heteroatoms. The second-order valence-electron chi connectivity index (χ2n) is 8.45. The SMILES string of the molecule is CC(O)C(NCC=CCC(O)CN)N1CCN(C(NCC=CCC(O)CN)C(C)O)CC1. The van der Waals surface area contributed by atoms with Crippen LogP contribution in [0.5, 0.6) is 0 Å². The number of hydrogen-bond acceptors (Lipinski definition) is 10. The van der Waals surface area contributed by atoms with E-state index >= 15 is 0 Å². The molecule has 0 spiro atoms. The van der Waals surface area contributed by atoms with Gasteiger partial charge in [-0.25, -0.2) is 0 Å². The second kappa shape index (κ2) is 16.7. The number of nitrogens with zero attached hydrogens (tertiary/aromatic N) is 2. The fourth-order valence-electron chi connectivity index (χ4n) is 3.75. The highest BCUT2D eigenvalue weighted by Crippen LogP contribution is 2.12. The molecule has 0 aromatic heterocycles. The number of piperazine rings is 1. The first-order chi connectivity index (χ1) is 15.3. The van der Waals surface area contributed by atoms with Crippen LogP contribution in [0.1, 0.15) is 26.7 Å². The topological polar surface area (TPSA) is 163 Å². The highest BCUT2D eigenvalue weighted by molar-refractivity contribution is 4.91. The van der Waals surface area contributed by atoms with Crippen LogP contribution in [0.2, 0.25) is 0 Å². The summed E-state index contributed by atoms with van der Waals surface area (Å²) in [4.78, 5) is 4.44. The lowest BCUT2D eigenvalue weighted by molar-refractivity contribution is -0.0238. The van der Waals surface area contributed by atoms with Gasteiger partial charge >= 0.3 is 0 Å². The number of aliphatic hydroxyl groups excluding tert-OH is 4. The molecule has 1 heterocycles. The Hall–Kier alpha value is -0.920. The van der Waals surface area contributed by atoms with Crippen molar-refractivity contribution in [1.82, 2.24) is 20.4 Å². The summed E-state index contributed by atoms with van der Waals surface area (Å²) in [5.74, 6) is 0. The lowest BCUT2D eigenvalue weighted by Crippen LogP contribution is -2.63. The van der Waals surface area contributed by atoms with Gasteiger partial charge in [0.2, 0.25) is 0 Å². The van der Waals surface area contributed by atoms with E-state index in [1.54, 1.807) is 13.8 Å². The number of aliphatic hydroxyl groups is 4. The quantitative estimate of drug-likeness (QED) is 0.118. The molecule has 1 aliphatic heterocycles. The molecule has 10 N–H and O–H groups in total. The van der Waals surface area contributed by atoms with Gasteiger partial charge in [0, 0.05) is 52.4 Å². The Bertz CT molecular complexity index is 481. The first-order valence-electron chi connectivity index (χ1n) is 11.7. The van der Waals surface area contributed by atoms with Crippen LogP contribution < -0.4 is 22.1 Å². The molecule has 6 unspecified atom stereocenters. The fourth-order valence-corrected chi connectivity index (χ4v) is 3.75. The normalized spacial score (nSPS) is 22.2. The predicted molar refractivity (Wildman–Crippen MR) is 128 cm³/mol. The molecule has 32 heavy (non-hydrogen) atoms. The molecule has 1 saturated heterocycles. The molecule has 0 aromatic carbocycles. The molecule has 1 aliphatic rings. The number of rotatable bonds is 16. The summed E-state index contributed by atoms with van der Waals surface area (Å²) < 4.78 is 0.